The molecule has 1 aromatic heterocycles. The van der Waals surface area contributed by atoms with Gasteiger partial charge < -0.3 is 14.5 Å². The fourth-order valence-electron chi connectivity index (χ4n) is 4.39. The van der Waals surface area contributed by atoms with Gasteiger partial charge in [-0.15, -0.1) is 0 Å². The van der Waals surface area contributed by atoms with Crippen molar-refractivity contribution in [3.8, 4) is 11.3 Å². The van der Waals surface area contributed by atoms with E-state index in [4.69, 9.17) is 9.72 Å². The van der Waals surface area contributed by atoms with Gasteiger partial charge in [0.25, 0.3) is 11.8 Å². The molecular formula is C25H25N3O3. The van der Waals surface area contributed by atoms with E-state index in [0.717, 1.165) is 35.0 Å². The summed E-state index contributed by atoms with van der Waals surface area (Å²) < 4.78 is 5.54. The number of hydrogen-bond donors (Lipinski definition) is 0. The van der Waals surface area contributed by atoms with E-state index in [2.05, 4.69) is 0 Å². The van der Waals surface area contributed by atoms with Crippen LogP contribution in [0.4, 0.5) is 0 Å². The Bertz CT molecular complexity index is 1100. The lowest BCUT2D eigenvalue weighted by Gasteiger charge is -2.36. The van der Waals surface area contributed by atoms with Gasteiger partial charge in [0.2, 0.25) is 0 Å². The van der Waals surface area contributed by atoms with E-state index in [-0.39, 0.29) is 17.9 Å². The second-order valence-electron chi connectivity index (χ2n) is 8.06. The Labute approximate surface area is 181 Å². The van der Waals surface area contributed by atoms with Gasteiger partial charge in [0.05, 0.1) is 16.8 Å². The maximum Gasteiger partial charge on any atom is 0.254 e. The van der Waals surface area contributed by atoms with Crippen LogP contribution in [0.3, 0.4) is 0 Å². The molecule has 0 radical (unpaired) electrons. The average molecular weight is 415 g/mol. The summed E-state index contributed by atoms with van der Waals surface area (Å²) in [5.74, 6) is 0.0466. The molecule has 2 aliphatic rings. The zero-order valence-electron chi connectivity index (χ0n) is 17.4. The molecule has 0 N–H and O–H groups in total. The fraction of sp³-hybridized carbons (Fsp3) is 0.320. The molecule has 6 nitrogen and oxygen atoms in total. The average Bonchev–Trinajstić information content (AvgIpc) is 3.38. The highest BCUT2D eigenvalue weighted by molar-refractivity contribution is 6.07. The molecule has 6 heteroatoms. The highest BCUT2D eigenvalue weighted by Crippen LogP contribution is 2.26. The molecule has 0 aliphatic carbocycles. The van der Waals surface area contributed by atoms with Crippen molar-refractivity contribution in [2.75, 3.05) is 32.8 Å². The number of aromatic nitrogens is 1. The molecule has 0 bridgehead atoms. The summed E-state index contributed by atoms with van der Waals surface area (Å²) >= 11 is 0. The van der Waals surface area contributed by atoms with Gasteiger partial charge in [-0.05, 0) is 25.0 Å². The number of rotatable bonds is 3. The molecule has 3 aromatic rings. The van der Waals surface area contributed by atoms with Crippen LogP contribution in [0.1, 0.15) is 23.2 Å². The number of carbonyl (C=O) groups is 2. The van der Waals surface area contributed by atoms with Crippen molar-refractivity contribution in [3.63, 3.8) is 0 Å². The first kappa shape index (κ1) is 19.7. The van der Waals surface area contributed by atoms with Gasteiger partial charge in [-0.2, -0.15) is 0 Å². The number of para-hydroxylation sites is 1. The van der Waals surface area contributed by atoms with Crippen LogP contribution in [0, 0.1) is 0 Å². The van der Waals surface area contributed by atoms with Gasteiger partial charge in [0, 0.05) is 43.7 Å². The number of fused-ring (bicyclic) bond motifs is 1. The number of pyridine rings is 1. The standard InChI is InChI=1S/C25H25N3O3/c29-24(27-12-14-28(15-13-27)25(30)23-11-6-16-31-23)20-17-22(18-7-2-1-3-8-18)26-21-10-5-4-9-19(20)21/h1-5,7-10,17,23H,6,11-16H2. The zero-order chi connectivity index (χ0) is 21.2. The number of carbonyl (C=O) groups excluding carboxylic acids is 2. The Kier molecular flexibility index (Phi) is 5.38. The van der Waals surface area contributed by atoms with E-state index in [0.29, 0.717) is 38.3 Å². The Morgan fingerprint density at radius 3 is 2.35 bits per heavy atom. The molecule has 158 valence electrons. The Balaban J connectivity index is 1.39. The number of nitrogens with zero attached hydrogens (tertiary/aromatic N) is 3. The van der Waals surface area contributed by atoms with Gasteiger partial charge >= 0.3 is 0 Å². The van der Waals surface area contributed by atoms with Crippen molar-refractivity contribution in [1.82, 2.24) is 14.8 Å². The van der Waals surface area contributed by atoms with Crippen molar-refractivity contribution in [1.29, 1.82) is 0 Å². The summed E-state index contributed by atoms with van der Waals surface area (Å²) in [6, 6.07) is 19.6. The molecule has 2 saturated heterocycles. The monoisotopic (exact) mass is 415 g/mol. The second kappa shape index (κ2) is 8.47. The van der Waals surface area contributed by atoms with Gasteiger partial charge in [-0.1, -0.05) is 48.5 Å². The van der Waals surface area contributed by atoms with E-state index >= 15 is 0 Å². The molecule has 5 rings (SSSR count). The zero-order valence-corrected chi connectivity index (χ0v) is 17.4. The third-order valence-corrected chi connectivity index (χ3v) is 6.10. The first-order valence-electron chi connectivity index (χ1n) is 10.9. The molecule has 1 atom stereocenters. The lowest BCUT2D eigenvalue weighted by atomic mass is 10.0. The van der Waals surface area contributed by atoms with Gasteiger partial charge in [-0.25, -0.2) is 4.98 Å². The Hall–Kier alpha value is -3.25. The summed E-state index contributed by atoms with van der Waals surface area (Å²) in [6.07, 6.45) is 1.43. The number of ether oxygens (including phenoxy) is 1. The van der Waals surface area contributed by atoms with Crippen molar-refractivity contribution in [3.05, 3.63) is 66.2 Å². The Morgan fingerprint density at radius 2 is 1.61 bits per heavy atom. The molecule has 0 saturated carbocycles. The van der Waals surface area contributed by atoms with Crippen LogP contribution in [0.2, 0.25) is 0 Å². The third-order valence-electron chi connectivity index (χ3n) is 6.10. The number of piperazine rings is 1. The molecular weight excluding hydrogens is 390 g/mol. The highest BCUT2D eigenvalue weighted by Gasteiger charge is 2.32. The van der Waals surface area contributed by atoms with Gasteiger partial charge in [-0.3, -0.25) is 9.59 Å². The molecule has 2 aromatic carbocycles. The van der Waals surface area contributed by atoms with Crippen LogP contribution in [-0.2, 0) is 9.53 Å². The van der Waals surface area contributed by atoms with Crippen molar-refractivity contribution in [2.24, 2.45) is 0 Å². The maximum atomic E-state index is 13.5. The topological polar surface area (TPSA) is 62.7 Å². The minimum Gasteiger partial charge on any atom is -0.368 e. The maximum absolute atomic E-state index is 13.5. The molecule has 2 fully saturated rings. The predicted molar refractivity (Wildman–Crippen MR) is 119 cm³/mol. The van der Waals surface area contributed by atoms with E-state index < -0.39 is 0 Å². The third kappa shape index (κ3) is 3.91. The van der Waals surface area contributed by atoms with Crippen LogP contribution < -0.4 is 0 Å². The normalized spacial score (nSPS) is 19.0. The summed E-state index contributed by atoms with van der Waals surface area (Å²) in [7, 11) is 0. The van der Waals surface area contributed by atoms with E-state index in [1.165, 1.54) is 0 Å². The van der Waals surface area contributed by atoms with Crippen LogP contribution in [-0.4, -0.2) is 65.5 Å². The van der Waals surface area contributed by atoms with Crippen molar-refractivity contribution < 1.29 is 14.3 Å². The number of amides is 2. The van der Waals surface area contributed by atoms with Gasteiger partial charge in [0.15, 0.2) is 0 Å². The minimum atomic E-state index is -0.306. The minimum absolute atomic E-state index is 0.0139. The number of hydrogen-bond acceptors (Lipinski definition) is 4. The fourth-order valence-corrected chi connectivity index (χ4v) is 4.39. The van der Waals surface area contributed by atoms with Crippen LogP contribution >= 0.6 is 0 Å². The second-order valence-corrected chi connectivity index (χ2v) is 8.06. The van der Waals surface area contributed by atoms with Crippen LogP contribution in [0.5, 0.6) is 0 Å². The van der Waals surface area contributed by atoms with Gasteiger partial charge in [0.1, 0.15) is 6.10 Å². The molecule has 1 unspecified atom stereocenters. The summed E-state index contributed by atoms with van der Waals surface area (Å²) in [4.78, 5) is 34.6. The quantitative estimate of drug-likeness (QED) is 0.658. The van der Waals surface area contributed by atoms with Crippen molar-refractivity contribution >= 4 is 22.7 Å². The molecule has 3 heterocycles. The smallest absolute Gasteiger partial charge is 0.254 e. The van der Waals surface area contributed by atoms with E-state index in [1.807, 2.05) is 70.5 Å². The molecule has 31 heavy (non-hydrogen) atoms. The van der Waals surface area contributed by atoms with Crippen LogP contribution in [0.25, 0.3) is 22.2 Å². The lowest BCUT2D eigenvalue weighted by molar-refractivity contribution is -0.142. The number of benzene rings is 2. The highest BCUT2D eigenvalue weighted by atomic mass is 16.5. The summed E-state index contributed by atoms with van der Waals surface area (Å²) in [5.41, 5.74) is 3.23. The summed E-state index contributed by atoms with van der Waals surface area (Å²) in [6.45, 7) is 2.79. The summed E-state index contributed by atoms with van der Waals surface area (Å²) in [5, 5.41) is 0.852. The largest absolute Gasteiger partial charge is 0.368 e. The van der Waals surface area contributed by atoms with E-state index in [1.54, 1.807) is 0 Å². The molecule has 0 spiro atoms. The Morgan fingerprint density at radius 1 is 0.903 bits per heavy atom. The SMILES string of the molecule is O=C(c1cc(-c2ccccc2)nc2ccccc12)N1CCN(C(=O)C2CCCO2)CC1. The van der Waals surface area contributed by atoms with Crippen molar-refractivity contribution in [2.45, 2.75) is 18.9 Å². The molecule has 2 aliphatic heterocycles. The first-order valence-corrected chi connectivity index (χ1v) is 10.9. The van der Waals surface area contributed by atoms with Crippen LogP contribution in [0.15, 0.2) is 60.7 Å². The first-order chi connectivity index (χ1) is 15.2. The van der Waals surface area contributed by atoms with E-state index in [9.17, 15) is 9.59 Å². The predicted octanol–water partition coefficient (Wildman–Crippen LogP) is 3.37. The lowest BCUT2D eigenvalue weighted by Crippen LogP contribution is -2.52. The molecule has 2 amide bonds.